The third kappa shape index (κ3) is 5.36. The molecule has 0 unspecified atom stereocenters. The molecule has 0 heterocycles. The van der Waals surface area contributed by atoms with E-state index in [4.69, 9.17) is 23.7 Å². The highest BCUT2D eigenvalue weighted by atomic mass is 32.1. The van der Waals surface area contributed by atoms with Crippen LogP contribution in [0, 0.1) is 0 Å². The predicted octanol–water partition coefficient (Wildman–Crippen LogP) is 0.634. The van der Waals surface area contributed by atoms with Crippen LogP contribution in [0.15, 0.2) is 24.3 Å². The van der Waals surface area contributed by atoms with Crippen molar-refractivity contribution in [2.24, 2.45) is 11.5 Å². The van der Waals surface area contributed by atoms with Crippen molar-refractivity contribution in [2.75, 3.05) is 0 Å². The molecule has 0 aromatic heterocycles. The molecule has 2 amide bonds. The van der Waals surface area contributed by atoms with Crippen molar-refractivity contribution in [3.63, 3.8) is 0 Å². The number of amides is 2. The van der Waals surface area contributed by atoms with E-state index in [1.165, 1.54) is 0 Å². The lowest BCUT2D eigenvalue weighted by atomic mass is 9.99. The van der Waals surface area contributed by atoms with Crippen molar-refractivity contribution in [3.8, 4) is 0 Å². The SMILES string of the molecule is CC(C)(CC(N)=O)NC(=O)Cc1ccc(C(N)=S)cc1. The van der Waals surface area contributed by atoms with Crippen molar-refractivity contribution < 1.29 is 9.59 Å². The zero-order chi connectivity index (χ0) is 15.3. The first-order valence-electron chi connectivity index (χ1n) is 6.18. The minimum atomic E-state index is -0.651. The minimum Gasteiger partial charge on any atom is -0.389 e. The maximum Gasteiger partial charge on any atom is 0.224 e. The Morgan fingerprint density at radius 3 is 2.20 bits per heavy atom. The topological polar surface area (TPSA) is 98.2 Å². The first-order valence-corrected chi connectivity index (χ1v) is 6.58. The van der Waals surface area contributed by atoms with Gasteiger partial charge in [-0.25, -0.2) is 0 Å². The van der Waals surface area contributed by atoms with E-state index >= 15 is 0 Å². The molecule has 0 aliphatic carbocycles. The van der Waals surface area contributed by atoms with E-state index in [1.54, 1.807) is 38.1 Å². The molecule has 0 saturated heterocycles. The highest BCUT2D eigenvalue weighted by Crippen LogP contribution is 2.09. The van der Waals surface area contributed by atoms with Crippen LogP contribution in [0.25, 0.3) is 0 Å². The highest BCUT2D eigenvalue weighted by molar-refractivity contribution is 7.80. The van der Waals surface area contributed by atoms with Crippen LogP contribution in [0.5, 0.6) is 0 Å². The van der Waals surface area contributed by atoms with Gasteiger partial charge in [0.25, 0.3) is 0 Å². The molecule has 0 spiro atoms. The van der Waals surface area contributed by atoms with E-state index in [0.717, 1.165) is 11.1 Å². The van der Waals surface area contributed by atoms with E-state index in [2.05, 4.69) is 5.32 Å². The number of thiocarbonyl (C=S) groups is 1. The zero-order valence-corrected chi connectivity index (χ0v) is 12.4. The summed E-state index contributed by atoms with van der Waals surface area (Å²) in [6, 6.07) is 7.16. The van der Waals surface area contributed by atoms with E-state index < -0.39 is 11.4 Å². The summed E-state index contributed by atoms with van der Waals surface area (Å²) in [6.45, 7) is 3.51. The first kappa shape index (κ1) is 16.1. The van der Waals surface area contributed by atoms with Gasteiger partial charge in [-0.1, -0.05) is 36.5 Å². The Bertz CT molecular complexity index is 524. The van der Waals surface area contributed by atoms with Gasteiger partial charge < -0.3 is 16.8 Å². The van der Waals surface area contributed by atoms with E-state index in [0.29, 0.717) is 4.99 Å². The molecule has 0 bridgehead atoms. The molecule has 20 heavy (non-hydrogen) atoms. The summed E-state index contributed by atoms with van der Waals surface area (Å²) in [7, 11) is 0. The smallest absolute Gasteiger partial charge is 0.224 e. The number of carbonyl (C=O) groups is 2. The maximum atomic E-state index is 11.9. The zero-order valence-electron chi connectivity index (χ0n) is 11.6. The van der Waals surface area contributed by atoms with Crippen LogP contribution in [-0.2, 0) is 16.0 Å². The minimum absolute atomic E-state index is 0.0964. The molecule has 0 radical (unpaired) electrons. The van der Waals surface area contributed by atoms with Crippen LogP contribution in [0.4, 0.5) is 0 Å². The van der Waals surface area contributed by atoms with Crippen molar-refractivity contribution in [1.82, 2.24) is 5.32 Å². The fraction of sp³-hybridized carbons (Fsp3) is 0.357. The summed E-state index contributed by atoms with van der Waals surface area (Å²) in [5.74, 6) is -0.615. The second-order valence-electron chi connectivity index (χ2n) is 5.31. The molecule has 0 aliphatic heterocycles. The number of benzene rings is 1. The molecule has 5 nitrogen and oxygen atoms in total. The number of nitrogens with two attached hydrogens (primary N) is 2. The third-order valence-corrected chi connectivity index (χ3v) is 2.93. The fourth-order valence-electron chi connectivity index (χ4n) is 1.87. The molecule has 0 aliphatic rings. The average Bonchev–Trinajstić information content (AvgIpc) is 2.26. The second kappa shape index (κ2) is 6.47. The van der Waals surface area contributed by atoms with Crippen molar-refractivity contribution in [2.45, 2.75) is 32.2 Å². The van der Waals surface area contributed by atoms with Gasteiger partial charge >= 0.3 is 0 Å². The average molecular weight is 293 g/mol. The van der Waals surface area contributed by atoms with Crippen LogP contribution >= 0.6 is 12.2 Å². The Balaban J connectivity index is 2.62. The molecular formula is C14H19N3O2S. The Kier molecular flexibility index (Phi) is 5.21. The van der Waals surface area contributed by atoms with Gasteiger partial charge in [0.2, 0.25) is 11.8 Å². The Labute approximate surface area is 123 Å². The maximum absolute atomic E-state index is 11.9. The van der Waals surface area contributed by atoms with E-state index in [1.807, 2.05) is 0 Å². The lowest BCUT2D eigenvalue weighted by Crippen LogP contribution is -2.46. The lowest BCUT2D eigenvalue weighted by molar-refractivity contribution is -0.123. The Morgan fingerprint density at radius 1 is 1.20 bits per heavy atom. The number of primary amides is 1. The van der Waals surface area contributed by atoms with Crippen molar-refractivity contribution >= 4 is 29.0 Å². The quantitative estimate of drug-likeness (QED) is 0.670. The lowest BCUT2D eigenvalue weighted by Gasteiger charge is -2.24. The fourth-order valence-corrected chi connectivity index (χ4v) is 2.01. The van der Waals surface area contributed by atoms with Crippen molar-refractivity contribution in [3.05, 3.63) is 35.4 Å². The molecule has 108 valence electrons. The largest absolute Gasteiger partial charge is 0.389 e. The van der Waals surface area contributed by atoms with Gasteiger partial charge in [-0.05, 0) is 19.4 Å². The van der Waals surface area contributed by atoms with Gasteiger partial charge in [0.15, 0.2) is 0 Å². The summed E-state index contributed by atoms with van der Waals surface area (Å²) in [5, 5.41) is 2.78. The molecule has 1 rings (SSSR count). The second-order valence-corrected chi connectivity index (χ2v) is 5.75. The summed E-state index contributed by atoms with van der Waals surface area (Å²) in [6.07, 6.45) is 0.318. The van der Waals surface area contributed by atoms with Gasteiger partial charge in [0, 0.05) is 17.5 Å². The monoisotopic (exact) mass is 293 g/mol. The summed E-state index contributed by atoms with van der Waals surface area (Å²) >= 11 is 4.86. The number of nitrogens with one attached hydrogen (secondary N) is 1. The molecule has 6 heteroatoms. The van der Waals surface area contributed by atoms with E-state index in [9.17, 15) is 9.59 Å². The molecule has 0 saturated carbocycles. The number of rotatable bonds is 6. The van der Waals surface area contributed by atoms with Crippen LogP contribution in [0.2, 0.25) is 0 Å². The van der Waals surface area contributed by atoms with Gasteiger partial charge in [0.05, 0.1) is 6.42 Å². The summed E-state index contributed by atoms with van der Waals surface area (Å²) in [5.41, 5.74) is 11.6. The standard InChI is InChI=1S/C14H19N3O2S/c1-14(2,8-11(15)18)17-12(19)7-9-3-5-10(6-4-9)13(16)20/h3-6H,7-8H2,1-2H3,(H2,15,18)(H2,16,20)(H,17,19). The third-order valence-electron chi connectivity index (χ3n) is 2.70. The molecule has 5 N–H and O–H groups in total. The first-order chi connectivity index (χ1) is 9.19. The summed E-state index contributed by atoms with van der Waals surface area (Å²) in [4.78, 5) is 23.1. The van der Waals surface area contributed by atoms with Crippen LogP contribution in [0.1, 0.15) is 31.4 Å². The highest BCUT2D eigenvalue weighted by Gasteiger charge is 2.22. The summed E-state index contributed by atoms with van der Waals surface area (Å²) < 4.78 is 0. The number of hydrogen-bond acceptors (Lipinski definition) is 3. The van der Waals surface area contributed by atoms with Gasteiger partial charge in [-0.3, -0.25) is 9.59 Å². The molecule has 0 atom stereocenters. The van der Waals surface area contributed by atoms with Gasteiger partial charge in [-0.2, -0.15) is 0 Å². The number of carbonyl (C=O) groups excluding carboxylic acids is 2. The van der Waals surface area contributed by atoms with Crippen LogP contribution in [-0.4, -0.2) is 22.3 Å². The van der Waals surface area contributed by atoms with Gasteiger partial charge in [0.1, 0.15) is 4.99 Å². The van der Waals surface area contributed by atoms with Crippen molar-refractivity contribution in [1.29, 1.82) is 0 Å². The normalized spacial score (nSPS) is 10.9. The van der Waals surface area contributed by atoms with Gasteiger partial charge in [-0.15, -0.1) is 0 Å². The molecule has 1 aromatic carbocycles. The molecule has 0 fully saturated rings. The van der Waals surface area contributed by atoms with E-state index in [-0.39, 0.29) is 18.7 Å². The predicted molar refractivity (Wildman–Crippen MR) is 82.1 cm³/mol. The number of hydrogen-bond donors (Lipinski definition) is 3. The molecular weight excluding hydrogens is 274 g/mol. The Hall–Kier alpha value is -1.95. The Morgan fingerprint density at radius 2 is 1.75 bits per heavy atom. The molecule has 1 aromatic rings. The van der Waals surface area contributed by atoms with Crippen LogP contribution in [0.3, 0.4) is 0 Å². The van der Waals surface area contributed by atoms with Crippen LogP contribution < -0.4 is 16.8 Å².